The van der Waals surface area contributed by atoms with Gasteiger partial charge in [0, 0.05) is 44.8 Å². The van der Waals surface area contributed by atoms with Crippen molar-refractivity contribution in [1.29, 1.82) is 0 Å². The van der Waals surface area contributed by atoms with Gasteiger partial charge in [-0.3, -0.25) is 9.48 Å². The van der Waals surface area contributed by atoms with Crippen LogP contribution in [0.3, 0.4) is 0 Å². The molecule has 13 heteroatoms. The fourth-order valence-corrected chi connectivity index (χ4v) is 5.77. The summed E-state index contributed by atoms with van der Waals surface area (Å²) in [5, 5.41) is 8.10. The quantitative estimate of drug-likeness (QED) is 0.371. The van der Waals surface area contributed by atoms with E-state index in [4.69, 9.17) is 4.74 Å². The Bertz CT molecular complexity index is 1670. The number of rotatable bonds is 7. The summed E-state index contributed by atoms with van der Waals surface area (Å²) < 4.78 is 47.3. The zero-order valence-corrected chi connectivity index (χ0v) is 22.7. The molecular weight excluding hydrogens is 525 g/mol. The average Bonchev–Trinajstić information content (AvgIpc) is 3.56. The number of likely N-dealkylation sites (N-methyl/N-ethyl adjacent to an activating group) is 1. The van der Waals surface area contributed by atoms with Gasteiger partial charge >= 0.3 is 0 Å². The second-order valence-corrected chi connectivity index (χ2v) is 11.4. The van der Waals surface area contributed by atoms with Gasteiger partial charge < -0.3 is 15.0 Å². The Kier molecular flexibility index (Phi) is 6.95. The molecule has 1 aliphatic heterocycles. The van der Waals surface area contributed by atoms with E-state index in [1.807, 2.05) is 25.1 Å². The van der Waals surface area contributed by atoms with Gasteiger partial charge in [-0.05, 0) is 36.8 Å². The molecule has 1 saturated heterocycles. The van der Waals surface area contributed by atoms with Crippen molar-refractivity contribution in [2.75, 3.05) is 43.7 Å². The van der Waals surface area contributed by atoms with Crippen LogP contribution in [0, 0.1) is 5.82 Å². The number of fused-ring (bicyclic) bond motifs is 1. The average molecular weight is 554 g/mol. The third kappa shape index (κ3) is 5.02. The molecule has 1 atom stereocenters. The lowest BCUT2D eigenvalue weighted by Crippen LogP contribution is -2.36. The molecule has 0 aliphatic carbocycles. The number of benzene rings is 2. The second kappa shape index (κ2) is 10.2. The summed E-state index contributed by atoms with van der Waals surface area (Å²) in [5.41, 5.74) is 2.16. The number of hydrogen-bond donors (Lipinski definition) is 1. The van der Waals surface area contributed by atoms with Gasteiger partial charge in [0.15, 0.2) is 5.82 Å². The first-order valence-electron chi connectivity index (χ1n) is 12.2. The van der Waals surface area contributed by atoms with E-state index in [1.165, 1.54) is 42.1 Å². The second-order valence-electron chi connectivity index (χ2n) is 9.37. The molecule has 2 aromatic heterocycles. The molecule has 4 aromatic rings. The van der Waals surface area contributed by atoms with Gasteiger partial charge in [-0.1, -0.05) is 6.07 Å². The van der Waals surface area contributed by atoms with Crippen LogP contribution in [0.5, 0.6) is 5.75 Å². The summed E-state index contributed by atoms with van der Waals surface area (Å²) in [6.07, 6.45) is 4.94. The van der Waals surface area contributed by atoms with Crippen LogP contribution in [0.15, 0.2) is 48.8 Å². The first kappa shape index (κ1) is 26.5. The Morgan fingerprint density at radius 3 is 2.74 bits per heavy atom. The predicted octanol–water partition coefficient (Wildman–Crippen LogP) is 2.90. The Hall–Kier alpha value is -4.10. The molecule has 1 N–H and O–H groups in total. The fraction of sp³-hybridized carbons (Fsp3) is 0.308. The molecule has 11 nitrogen and oxygen atoms in total. The molecule has 0 saturated carbocycles. The molecule has 204 valence electrons. The van der Waals surface area contributed by atoms with Crippen LogP contribution >= 0.6 is 0 Å². The lowest BCUT2D eigenvalue weighted by molar-refractivity contribution is 0.102. The van der Waals surface area contributed by atoms with Gasteiger partial charge in [0.25, 0.3) is 5.91 Å². The number of carbonyl (C=O) groups excluding carboxylic acids is 1. The largest absolute Gasteiger partial charge is 0.496 e. The van der Waals surface area contributed by atoms with Crippen LogP contribution in [0.2, 0.25) is 0 Å². The van der Waals surface area contributed by atoms with Crippen LogP contribution in [0.4, 0.5) is 15.8 Å². The highest BCUT2D eigenvalue weighted by molar-refractivity contribution is 7.88. The van der Waals surface area contributed by atoms with Gasteiger partial charge in [0.05, 0.1) is 42.0 Å². The van der Waals surface area contributed by atoms with Gasteiger partial charge in [-0.2, -0.15) is 5.10 Å². The highest BCUT2D eigenvalue weighted by atomic mass is 32.2. The first-order chi connectivity index (χ1) is 18.6. The number of anilines is 2. The number of carbonyl (C=O) groups is 1. The molecule has 0 bridgehead atoms. The fourth-order valence-electron chi connectivity index (χ4n) is 4.89. The number of amides is 1. The van der Waals surface area contributed by atoms with Crippen molar-refractivity contribution in [2.24, 2.45) is 7.05 Å². The number of aromatic nitrogens is 4. The molecule has 0 unspecified atom stereocenters. The maximum absolute atomic E-state index is 14.6. The monoisotopic (exact) mass is 553 g/mol. The van der Waals surface area contributed by atoms with Gasteiger partial charge in [-0.15, -0.1) is 0 Å². The van der Waals surface area contributed by atoms with Gasteiger partial charge in [-0.25, -0.2) is 27.1 Å². The van der Waals surface area contributed by atoms with E-state index in [-0.39, 0.29) is 28.9 Å². The van der Waals surface area contributed by atoms with E-state index < -0.39 is 21.7 Å². The van der Waals surface area contributed by atoms with Crippen molar-refractivity contribution < 1.29 is 22.3 Å². The van der Waals surface area contributed by atoms with Crippen molar-refractivity contribution in [2.45, 2.75) is 12.5 Å². The van der Waals surface area contributed by atoms with Crippen LogP contribution in [-0.4, -0.2) is 77.9 Å². The molecule has 0 radical (unpaired) electrons. The number of aryl methyl sites for hydroxylation is 1. The lowest BCUT2D eigenvalue weighted by Gasteiger charge is -2.29. The molecule has 5 rings (SSSR count). The molecule has 0 spiro atoms. The number of hydrogen-bond acceptors (Lipinski definition) is 8. The zero-order chi connectivity index (χ0) is 27.9. The third-order valence-electron chi connectivity index (χ3n) is 6.95. The zero-order valence-electron chi connectivity index (χ0n) is 21.9. The summed E-state index contributed by atoms with van der Waals surface area (Å²) in [4.78, 5) is 23.9. The molecule has 1 fully saturated rings. The summed E-state index contributed by atoms with van der Waals surface area (Å²) in [6, 6.07) is 9.34. The minimum absolute atomic E-state index is 0.0180. The summed E-state index contributed by atoms with van der Waals surface area (Å²) in [5.74, 6) is -0.823. The van der Waals surface area contributed by atoms with Gasteiger partial charge in [0.2, 0.25) is 10.0 Å². The standard InChI is InChI=1S/C26H28FN7O4S/c1-32(16-11-13-34(15-16)39(4,36)37)24-17-14-29-33(2)21(17)9-8-19(24)31-26(35)20-10-12-28-25(30-20)23-18(27)6-5-7-22(23)38-3/h5-10,12,14,16H,11,13,15H2,1-4H3,(H,31,35)/t16-/m0/s1. The maximum Gasteiger partial charge on any atom is 0.274 e. The van der Waals surface area contributed by atoms with Crippen molar-refractivity contribution >= 4 is 38.2 Å². The highest BCUT2D eigenvalue weighted by Crippen LogP contribution is 2.37. The van der Waals surface area contributed by atoms with E-state index in [2.05, 4.69) is 20.4 Å². The summed E-state index contributed by atoms with van der Waals surface area (Å²) in [7, 11) is 1.80. The number of sulfonamides is 1. The SMILES string of the molecule is COc1cccc(F)c1-c1nccc(C(=O)Nc2ccc3c(cnn3C)c2N(C)[C@H]2CCN(S(C)(=O)=O)C2)n1. The van der Waals surface area contributed by atoms with Crippen molar-refractivity contribution in [1.82, 2.24) is 24.1 Å². The Balaban J connectivity index is 1.50. The minimum atomic E-state index is -3.32. The lowest BCUT2D eigenvalue weighted by atomic mass is 10.1. The Morgan fingerprint density at radius 1 is 1.23 bits per heavy atom. The minimum Gasteiger partial charge on any atom is -0.496 e. The molecule has 2 aromatic carbocycles. The maximum atomic E-state index is 14.6. The third-order valence-corrected chi connectivity index (χ3v) is 8.22. The molecule has 1 amide bonds. The molecular formula is C26H28FN7O4S. The Labute approximate surface area is 225 Å². The van der Waals surface area contributed by atoms with Crippen LogP contribution in [0.1, 0.15) is 16.9 Å². The van der Waals surface area contributed by atoms with Crippen molar-refractivity contribution in [3.63, 3.8) is 0 Å². The number of methoxy groups -OCH3 is 1. The van der Waals surface area contributed by atoms with Crippen molar-refractivity contribution in [3.05, 3.63) is 60.3 Å². The van der Waals surface area contributed by atoms with Crippen molar-refractivity contribution in [3.8, 4) is 17.1 Å². The van der Waals surface area contributed by atoms with E-state index in [0.717, 1.165) is 10.9 Å². The van der Waals surface area contributed by atoms with E-state index in [1.54, 1.807) is 23.0 Å². The number of halogens is 1. The van der Waals surface area contributed by atoms with Gasteiger partial charge in [0.1, 0.15) is 17.3 Å². The normalized spacial score (nSPS) is 16.0. The van der Waals surface area contributed by atoms with Crippen LogP contribution in [0.25, 0.3) is 22.3 Å². The smallest absolute Gasteiger partial charge is 0.274 e. The molecule has 3 heterocycles. The van der Waals surface area contributed by atoms with E-state index in [9.17, 15) is 17.6 Å². The Morgan fingerprint density at radius 2 is 2.03 bits per heavy atom. The van der Waals surface area contributed by atoms with E-state index in [0.29, 0.717) is 30.9 Å². The summed E-state index contributed by atoms with van der Waals surface area (Å²) in [6.45, 7) is 0.751. The molecule has 1 aliphatic rings. The highest BCUT2D eigenvalue weighted by Gasteiger charge is 2.33. The number of nitrogens with zero attached hydrogens (tertiary/aromatic N) is 6. The van der Waals surface area contributed by atoms with Crippen LogP contribution < -0.4 is 15.0 Å². The first-order valence-corrected chi connectivity index (χ1v) is 14.0. The number of ether oxygens (including phenoxy) is 1. The summed E-state index contributed by atoms with van der Waals surface area (Å²) >= 11 is 0. The topological polar surface area (TPSA) is 123 Å². The van der Waals surface area contributed by atoms with E-state index >= 15 is 0 Å². The number of nitrogens with one attached hydrogen (secondary N) is 1. The van der Waals surface area contributed by atoms with Crippen LogP contribution in [-0.2, 0) is 17.1 Å². The molecule has 39 heavy (non-hydrogen) atoms. The predicted molar refractivity (Wildman–Crippen MR) is 146 cm³/mol.